The molecule has 1 aliphatic carbocycles. The van der Waals surface area contributed by atoms with Crippen LogP contribution in [0, 0.1) is 17.8 Å². The van der Waals surface area contributed by atoms with E-state index in [1.165, 1.54) is 22.3 Å². The Morgan fingerprint density at radius 1 is 1.28 bits per heavy atom. The lowest BCUT2D eigenvalue weighted by atomic mass is 9.80. The molecule has 0 aromatic heterocycles. The molecule has 0 aromatic rings. The lowest BCUT2D eigenvalue weighted by molar-refractivity contribution is 0.618. The van der Waals surface area contributed by atoms with Crippen molar-refractivity contribution in [2.75, 3.05) is 0 Å². The fourth-order valence-electron chi connectivity index (χ4n) is 3.04. The van der Waals surface area contributed by atoms with E-state index in [-0.39, 0.29) is 0 Å². The van der Waals surface area contributed by atoms with E-state index < -0.39 is 0 Å². The minimum Gasteiger partial charge on any atom is -0.0984 e. The first-order chi connectivity index (χ1) is 8.38. The Balaban J connectivity index is 3.29. The van der Waals surface area contributed by atoms with E-state index >= 15 is 0 Å². The van der Waals surface area contributed by atoms with E-state index in [9.17, 15) is 0 Å². The average Bonchev–Trinajstić information content (AvgIpc) is 2.25. The van der Waals surface area contributed by atoms with Crippen molar-refractivity contribution in [2.45, 2.75) is 48.0 Å². The summed E-state index contributed by atoms with van der Waals surface area (Å²) >= 11 is 0. The Labute approximate surface area is 113 Å². The van der Waals surface area contributed by atoms with E-state index in [4.69, 9.17) is 0 Å². The summed E-state index contributed by atoms with van der Waals surface area (Å²) in [5.74, 6) is 1.82. The second kappa shape index (κ2) is 6.22. The molecule has 0 spiro atoms. The fourth-order valence-corrected chi connectivity index (χ4v) is 3.04. The Kier molecular flexibility index (Phi) is 5.19. The molecule has 0 saturated carbocycles. The van der Waals surface area contributed by atoms with Crippen LogP contribution >= 0.6 is 0 Å². The monoisotopic (exact) mass is 244 g/mol. The molecule has 1 atom stereocenters. The van der Waals surface area contributed by atoms with Crippen molar-refractivity contribution in [3.63, 3.8) is 0 Å². The summed E-state index contributed by atoms with van der Waals surface area (Å²) in [6.45, 7) is 17.7. The van der Waals surface area contributed by atoms with Crippen molar-refractivity contribution >= 4 is 0 Å². The molecule has 1 unspecified atom stereocenters. The van der Waals surface area contributed by atoms with Gasteiger partial charge in [-0.15, -0.1) is 0 Å². The normalized spacial score (nSPS) is 19.7. The highest BCUT2D eigenvalue weighted by atomic mass is 14.2. The number of hydrogen-bond donors (Lipinski definition) is 0. The third-order valence-corrected chi connectivity index (χ3v) is 3.70. The van der Waals surface area contributed by atoms with Crippen LogP contribution in [-0.2, 0) is 0 Å². The lowest BCUT2D eigenvalue weighted by Crippen LogP contribution is -2.09. The van der Waals surface area contributed by atoms with Crippen LogP contribution in [0.1, 0.15) is 48.0 Å². The number of hydrogen-bond acceptors (Lipinski definition) is 0. The molecule has 0 amide bonds. The summed E-state index contributed by atoms with van der Waals surface area (Å²) in [7, 11) is 0. The first kappa shape index (κ1) is 15.0. The maximum Gasteiger partial charge on any atom is -0.0193 e. The SMILES string of the molecule is C=CC(C1=CCC(C)C=C1C)=C(C(C)C)C(C)C. The van der Waals surface area contributed by atoms with Crippen molar-refractivity contribution in [3.8, 4) is 0 Å². The van der Waals surface area contributed by atoms with Gasteiger partial charge in [-0.2, -0.15) is 0 Å². The fraction of sp³-hybridized carbons (Fsp3) is 0.556. The van der Waals surface area contributed by atoms with Crippen molar-refractivity contribution in [1.82, 2.24) is 0 Å². The predicted octanol–water partition coefficient (Wildman–Crippen LogP) is 5.69. The number of rotatable bonds is 4. The molecule has 0 radical (unpaired) electrons. The molecule has 1 aliphatic rings. The van der Waals surface area contributed by atoms with Gasteiger partial charge in [0, 0.05) is 0 Å². The highest BCUT2D eigenvalue weighted by molar-refractivity contribution is 5.54. The van der Waals surface area contributed by atoms with E-state index in [0.717, 1.165) is 6.42 Å². The molecule has 0 bridgehead atoms. The van der Waals surface area contributed by atoms with Gasteiger partial charge in [0.15, 0.2) is 0 Å². The van der Waals surface area contributed by atoms with Gasteiger partial charge in [-0.25, -0.2) is 0 Å². The molecule has 0 N–H and O–H groups in total. The lowest BCUT2D eigenvalue weighted by Gasteiger charge is -2.25. The first-order valence-electron chi connectivity index (χ1n) is 7.14. The van der Waals surface area contributed by atoms with Gasteiger partial charge in [0.05, 0.1) is 0 Å². The van der Waals surface area contributed by atoms with E-state index in [1.807, 2.05) is 0 Å². The third-order valence-electron chi connectivity index (χ3n) is 3.70. The van der Waals surface area contributed by atoms with E-state index in [0.29, 0.717) is 17.8 Å². The minimum absolute atomic E-state index is 0.575. The van der Waals surface area contributed by atoms with Gasteiger partial charge in [-0.1, -0.05) is 65.0 Å². The van der Waals surface area contributed by atoms with Crippen LogP contribution in [-0.4, -0.2) is 0 Å². The van der Waals surface area contributed by atoms with E-state index in [1.54, 1.807) is 0 Å². The largest absolute Gasteiger partial charge is 0.0984 e. The van der Waals surface area contributed by atoms with Gasteiger partial charge >= 0.3 is 0 Å². The standard InChI is InChI=1S/C18H28/c1-8-16(18(12(2)3)13(4)5)17-10-9-14(6)11-15(17)7/h8,10-14H,1,9H2,2-7H3. The van der Waals surface area contributed by atoms with Crippen molar-refractivity contribution < 1.29 is 0 Å². The molecular formula is C18H28. The van der Waals surface area contributed by atoms with Crippen molar-refractivity contribution in [1.29, 1.82) is 0 Å². The van der Waals surface area contributed by atoms with Gasteiger partial charge in [0.25, 0.3) is 0 Å². The molecule has 0 aromatic carbocycles. The van der Waals surface area contributed by atoms with Crippen LogP contribution in [0.3, 0.4) is 0 Å². The Morgan fingerprint density at radius 2 is 1.83 bits per heavy atom. The van der Waals surface area contributed by atoms with Gasteiger partial charge < -0.3 is 0 Å². The summed E-state index contributed by atoms with van der Waals surface area (Å²) in [4.78, 5) is 0. The Hall–Kier alpha value is -1.04. The quantitative estimate of drug-likeness (QED) is 0.557. The zero-order chi connectivity index (χ0) is 13.9. The van der Waals surface area contributed by atoms with Crippen LogP contribution in [0.4, 0.5) is 0 Å². The third kappa shape index (κ3) is 3.25. The summed E-state index contributed by atoms with van der Waals surface area (Å²) in [5.41, 5.74) is 5.70. The maximum absolute atomic E-state index is 4.05. The van der Waals surface area contributed by atoms with Crippen LogP contribution in [0.5, 0.6) is 0 Å². The van der Waals surface area contributed by atoms with Crippen molar-refractivity contribution in [3.05, 3.63) is 47.1 Å². The molecule has 18 heavy (non-hydrogen) atoms. The minimum atomic E-state index is 0.575. The van der Waals surface area contributed by atoms with Crippen LogP contribution in [0.2, 0.25) is 0 Å². The van der Waals surface area contributed by atoms with Crippen molar-refractivity contribution in [2.24, 2.45) is 17.8 Å². The number of allylic oxidation sites excluding steroid dienone is 7. The van der Waals surface area contributed by atoms with Gasteiger partial charge in [0.2, 0.25) is 0 Å². The molecule has 0 fully saturated rings. The summed E-state index contributed by atoms with van der Waals surface area (Å²) < 4.78 is 0. The molecular weight excluding hydrogens is 216 g/mol. The van der Waals surface area contributed by atoms with Crippen LogP contribution < -0.4 is 0 Å². The average molecular weight is 244 g/mol. The van der Waals surface area contributed by atoms with Crippen LogP contribution in [0.25, 0.3) is 0 Å². The second-order valence-corrected chi connectivity index (χ2v) is 6.06. The molecule has 0 saturated heterocycles. The zero-order valence-corrected chi connectivity index (χ0v) is 12.9. The van der Waals surface area contributed by atoms with E-state index in [2.05, 4.69) is 66.3 Å². The molecule has 0 aliphatic heterocycles. The topological polar surface area (TPSA) is 0 Å². The predicted molar refractivity (Wildman–Crippen MR) is 82.5 cm³/mol. The zero-order valence-electron chi connectivity index (χ0n) is 12.9. The van der Waals surface area contributed by atoms with Gasteiger partial charge in [-0.05, 0) is 47.8 Å². The summed E-state index contributed by atoms with van der Waals surface area (Å²) in [6, 6.07) is 0. The molecule has 0 heterocycles. The second-order valence-electron chi connectivity index (χ2n) is 6.06. The van der Waals surface area contributed by atoms with Gasteiger partial charge in [-0.3, -0.25) is 0 Å². The molecule has 100 valence electrons. The smallest absolute Gasteiger partial charge is 0.0193 e. The molecule has 0 nitrogen and oxygen atoms in total. The Morgan fingerprint density at radius 3 is 2.22 bits per heavy atom. The Bertz CT molecular complexity index is 390. The highest BCUT2D eigenvalue weighted by Crippen LogP contribution is 2.34. The van der Waals surface area contributed by atoms with Crippen LogP contribution in [0.15, 0.2) is 47.1 Å². The maximum atomic E-state index is 4.05. The highest BCUT2D eigenvalue weighted by Gasteiger charge is 2.18. The summed E-state index contributed by atoms with van der Waals surface area (Å²) in [6.07, 6.45) is 7.97. The first-order valence-corrected chi connectivity index (χ1v) is 7.14. The molecule has 0 heteroatoms. The van der Waals surface area contributed by atoms with Gasteiger partial charge in [0.1, 0.15) is 0 Å². The summed E-state index contributed by atoms with van der Waals surface area (Å²) in [5, 5.41) is 0. The molecule has 1 rings (SSSR count).